The number of rotatable bonds is 4. The smallest absolute Gasteiger partial charge is 0.194 e. The number of aliphatic hydroxyl groups excluding tert-OH is 1. The minimum Gasteiger partial charge on any atom is -0.394 e. The SMILES string of the molecule is C#CCN[C@@H](CO)c1cc(F)c(F)c(F)c1. The molecule has 0 unspecified atom stereocenters. The van der Waals surface area contributed by atoms with Crippen LogP contribution in [-0.4, -0.2) is 18.3 Å². The molecule has 2 nitrogen and oxygen atoms in total. The Kier molecular flexibility index (Phi) is 4.35. The zero-order chi connectivity index (χ0) is 12.1. The zero-order valence-corrected chi connectivity index (χ0v) is 8.30. The largest absolute Gasteiger partial charge is 0.394 e. The second-order valence-corrected chi connectivity index (χ2v) is 3.12. The Morgan fingerprint density at radius 3 is 2.31 bits per heavy atom. The lowest BCUT2D eigenvalue weighted by molar-refractivity contribution is 0.247. The van der Waals surface area contributed by atoms with Gasteiger partial charge in [0.15, 0.2) is 17.5 Å². The molecule has 86 valence electrons. The first kappa shape index (κ1) is 12.6. The minimum absolute atomic E-state index is 0.106. The van der Waals surface area contributed by atoms with Crippen LogP contribution in [0.25, 0.3) is 0 Å². The van der Waals surface area contributed by atoms with Crippen LogP contribution in [0.4, 0.5) is 13.2 Å². The Morgan fingerprint density at radius 2 is 1.88 bits per heavy atom. The van der Waals surface area contributed by atoms with Gasteiger partial charge in [0.2, 0.25) is 0 Å². The van der Waals surface area contributed by atoms with Crippen molar-refractivity contribution in [3.05, 3.63) is 35.1 Å². The summed E-state index contributed by atoms with van der Waals surface area (Å²) in [5.41, 5.74) is 0.106. The maximum Gasteiger partial charge on any atom is 0.194 e. The molecule has 0 spiro atoms. The average Bonchev–Trinajstić information content (AvgIpc) is 2.26. The summed E-state index contributed by atoms with van der Waals surface area (Å²) in [4.78, 5) is 0. The fraction of sp³-hybridized carbons (Fsp3) is 0.273. The van der Waals surface area contributed by atoms with Crippen LogP contribution in [-0.2, 0) is 0 Å². The fourth-order valence-corrected chi connectivity index (χ4v) is 1.25. The first-order valence-electron chi connectivity index (χ1n) is 4.52. The average molecular weight is 229 g/mol. The van der Waals surface area contributed by atoms with Crippen LogP contribution in [0.1, 0.15) is 11.6 Å². The van der Waals surface area contributed by atoms with Crippen LogP contribution in [0.5, 0.6) is 0 Å². The summed E-state index contributed by atoms with van der Waals surface area (Å²) >= 11 is 0. The van der Waals surface area contributed by atoms with Gasteiger partial charge in [-0.1, -0.05) is 5.92 Å². The van der Waals surface area contributed by atoms with Crippen molar-refractivity contribution in [2.24, 2.45) is 0 Å². The maximum atomic E-state index is 12.9. The number of halogens is 3. The Morgan fingerprint density at radius 1 is 1.31 bits per heavy atom. The van der Waals surface area contributed by atoms with Gasteiger partial charge in [-0.2, -0.15) is 0 Å². The van der Waals surface area contributed by atoms with Gasteiger partial charge in [0.1, 0.15) is 0 Å². The molecule has 0 aromatic heterocycles. The lowest BCUT2D eigenvalue weighted by Crippen LogP contribution is -2.25. The fourth-order valence-electron chi connectivity index (χ4n) is 1.25. The quantitative estimate of drug-likeness (QED) is 0.603. The van der Waals surface area contributed by atoms with Gasteiger partial charge in [-0.15, -0.1) is 6.42 Å². The molecule has 0 fully saturated rings. The molecule has 1 rings (SSSR count). The Bertz CT molecular complexity index is 391. The van der Waals surface area contributed by atoms with Crippen LogP contribution in [0.3, 0.4) is 0 Å². The summed E-state index contributed by atoms with van der Waals surface area (Å²) in [6, 6.07) is 0.923. The number of benzene rings is 1. The highest BCUT2D eigenvalue weighted by Crippen LogP contribution is 2.18. The van der Waals surface area contributed by atoms with Crippen molar-refractivity contribution in [2.75, 3.05) is 13.2 Å². The molecule has 0 saturated heterocycles. The third-order valence-electron chi connectivity index (χ3n) is 2.04. The molecule has 16 heavy (non-hydrogen) atoms. The second kappa shape index (κ2) is 5.54. The van der Waals surface area contributed by atoms with E-state index in [0.29, 0.717) is 0 Å². The standard InChI is InChI=1S/C11H10F3NO/c1-2-3-15-10(6-16)7-4-8(12)11(14)9(13)5-7/h1,4-5,10,15-16H,3,6H2/t10-/m0/s1. The lowest BCUT2D eigenvalue weighted by Gasteiger charge is -2.15. The molecule has 0 aliphatic rings. The van der Waals surface area contributed by atoms with Gasteiger partial charge < -0.3 is 5.11 Å². The normalized spacial score (nSPS) is 12.2. The highest BCUT2D eigenvalue weighted by molar-refractivity contribution is 5.23. The van der Waals surface area contributed by atoms with E-state index in [1.54, 1.807) is 0 Å². The highest BCUT2D eigenvalue weighted by Gasteiger charge is 2.16. The van der Waals surface area contributed by atoms with E-state index >= 15 is 0 Å². The predicted molar refractivity (Wildman–Crippen MR) is 53.0 cm³/mol. The summed E-state index contributed by atoms with van der Waals surface area (Å²) < 4.78 is 38.5. The van der Waals surface area contributed by atoms with Gasteiger partial charge in [0.05, 0.1) is 19.2 Å². The molecule has 5 heteroatoms. The molecule has 0 saturated carbocycles. The van der Waals surface area contributed by atoms with E-state index in [0.717, 1.165) is 12.1 Å². The van der Waals surface area contributed by atoms with Crippen molar-refractivity contribution in [3.63, 3.8) is 0 Å². The maximum absolute atomic E-state index is 12.9. The third-order valence-corrected chi connectivity index (χ3v) is 2.04. The lowest BCUT2D eigenvalue weighted by atomic mass is 10.1. The predicted octanol–water partition coefficient (Wildman–Crippen LogP) is 1.36. The number of hydrogen-bond acceptors (Lipinski definition) is 2. The van der Waals surface area contributed by atoms with Crippen molar-refractivity contribution in [1.29, 1.82) is 0 Å². The minimum atomic E-state index is -1.53. The molecule has 2 N–H and O–H groups in total. The molecule has 0 aliphatic heterocycles. The van der Waals surface area contributed by atoms with Gasteiger partial charge in [0.25, 0.3) is 0 Å². The van der Waals surface area contributed by atoms with Gasteiger partial charge in [-0.25, -0.2) is 13.2 Å². The molecule has 0 aliphatic carbocycles. The van der Waals surface area contributed by atoms with Gasteiger partial charge in [-0.05, 0) is 17.7 Å². The first-order chi connectivity index (χ1) is 7.60. The molecular formula is C11H10F3NO. The zero-order valence-electron chi connectivity index (χ0n) is 8.30. The van der Waals surface area contributed by atoms with Crippen molar-refractivity contribution in [2.45, 2.75) is 6.04 Å². The summed E-state index contributed by atoms with van der Waals surface area (Å²) in [6.07, 6.45) is 4.99. The Balaban J connectivity index is 2.98. The summed E-state index contributed by atoms with van der Waals surface area (Å²) in [7, 11) is 0. The van der Waals surface area contributed by atoms with Gasteiger partial charge in [0, 0.05) is 0 Å². The van der Waals surface area contributed by atoms with E-state index in [1.165, 1.54) is 0 Å². The van der Waals surface area contributed by atoms with Crippen LogP contribution < -0.4 is 5.32 Å². The van der Waals surface area contributed by atoms with Crippen molar-refractivity contribution in [3.8, 4) is 12.3 Å². The first-order valence-corrected chi connectivity index (χ1v) is 4.52. The third kappa shape index (κ3) is 2.75. The van der Waals surface area contributed by atoms with E-state index in [4.69, 9.17) is 11.5 Å². The Hall–Kier alpha value is -1.51. The van der Waals surface area contributed by atoms with E-state index in [-0.39, 0.29) is 12.1 Å². The number of aliphatic hydroxyl groups is 1. The van der Waals surface area contributed by atoms with E-state index in [2.05, 4.69) is 11.2 Å². The Labute approximate surface area is 91.1 Å². The van der Waals surface area contributed by atoms with E-state index in [1.807, 2.05) is 0 Å². The number of terminal acetylenes is 1. The number of nitrogens with one attached hydrogen (secondary N) is 1. The monoisotopic (exact) mass is 229 g/mol. The van der Waals surface area contributed by atoms with Crippen molar-refractivity contribution < 1.29 is 18.3 Å². The van der Waals surface area contributed by atoms with Crippen LogP contribution >= 0.6 is 0 Å². The molecule has 1 aromatic carbocycles. The molecule has 1 atom stereocenters. The summed E-state index contributed by atoms with van der Waals surface area (Å²) in [6.45, 7) is -0.266. The van der Waals surface area contributed by atoms with E-state index < -0.39 is 30.1 Å². The number of hydrogen-bond donors (Lipinski definition) is 2. The van der Waals surface area contributed by atoms with Crippen LogP contribution in [0.15, 0.2) is 12.1 Å². The molecule has 1 aromatic rings. The topological polar surface area (TPSA) is 32.3 Å². The summed E-state index contributed by atoms with van der Waals surface area (Å²) in [5.74, 6) is -1.86. The molecule has 0 bridgehead atoms. The highest BCUT2D eigenvalue weighted by atomic mass is 19.2. The van der Waals surface area contributed by atoms with Crippen LogP contribution in [0, 0.1) is 29.8 Å². The second-order valence-electron chi connectivity index (χ2n) is 3.12. The van der Waals surface area contributed by atoms with Crippen molar-refractivity contribution >= 4 is 0 Å². The molecular weight excluding hydrogens is 219 g/mol. The van der Waals surface area contributed by atoms with Crippen molar-refractivity contribution in [1.82, 2.24) is 5.32 Å². The van der Waals surface area contributed by atoms with Crippen LogP contribution in [0.2, 0.25) is 0 Å². The molecule has 0 amide bonds. The summed E-state index contributed by atoms with van der Waals surface area (Å²) in [5, 5.41) is 11.7. The van der Waals surface area contributed by atoms with E-state index in [9.17, 15) is 13.2 Å². The van der Waals surface area contributed by atoms with Gasteiger partial charge >= 0.3 is 0 Å². The molecule has 0 radical (unpaired) electrons. The van der Waals surface area contributed by atoms with Gasteiger partial charge in [-0.3, -0.25) is 5.32 Å². The molecule has 0 heterocycles.